The van der Waals surface area contributed by atoms with Gasteiger partial charge in [-0.2, -0.15) is 5.26 Å². The molecular weight excluding hydrogens is 192 g/mol. The smallest absolute Gasteiger partial charge is 0.137 e. The van der Waals surface area contributed by atoms with Crippen molar-refractivity contribution >= 4 is 0 Å². The molecule has 0 amide bonds. The first-order chi connectivity index (χ1) is 7.10. The lowest BCUT2D eigenvalue weighted by molar-refractivity contribution is 0.440. The molecule has 0 fully saturated rings. The molecule has 0 aliphatic rings. The van der Waals surface area contributed by atoms with E-state index in [1.54, 1.807) is 0 Å². The molecule has 80 valence electrons. The maximum absolute atomic E-state index is 9.60. The number of nitriles is 1. The van der Waals surface area contributed by atoms with Crippen LogP contribution in [0.4, 0.5) is 0 Å². The van der Waals surface area contributed by atoms with Crippen molar-refractivity contribution in [3.63, 3.8) is 0 Å². The van der Waals surface area contributed by atoms with Gasteiger partial charge >= 0.3 is 0 Å². The second-order valence-corrected chi connectivity index (χ2v) is 3.52. The van der Waals surface area contributed by atoms with Crippen LogP contribution < -0.4 is 5.73 Å². The number of hydrogen-bond donors (Lipinski definition) is 3. The third-order valence-corrected chi connectivity index (χ3v) is 2.40. The van der Waals surface area contributed by atoms with E-state index >= 15 is 0 Å². The molecule has 1 unspecified atom stereocenters. The average Bonchev–Trinajstić information content (AvgIpc) is 2.18. The highest BCUT2D eigenvalue weighted by Crippen LogP contribution is 2.33. The van der Waals surface area contributed by atoms with Gasteiger partial charge in [0.05, 0.1) is 5.56 Å². The van der Waals surface area contributed by atoms with Gasteiger partial charge in [-0.3, -0.25) is 0 Å². The molecule has 0 aromatic heterocycles. The molecule has 15 heavy (non-hydrogen) atoms. The highest BCUT2D eigenvalue weighted by atomic mass is 16.3. The Balaban J connectivity index is 3.14. The van der Waals surface area contributed by atoms with Crippen LogP contribution in [0, 0.1) is 11.3 Å². The summed E-state index contributed by atoms with van der Waals surface area (Å²) in [7, 11) is 0. The predicted molar refractivity (Wildman–Crippen MR) is 56.6 cm³/mol. The minimum absolute atomic E-state index is 0.00690. The molecular formula is C11H14N2O2. The van der Waals surface area contributed by atoms with Crippen LogP contribution in [0.5, 0.6) is 11.5 Å². The first kappa shape index (κ1) is 11.3. The summed E-state index contributed by atoms with van der Waals surface area (Å²) in [6.07, 6.45) is 0.725. The Morgan fingerprint density at radius 1 is 1.40 bits per heavy atom. The number of hydrogen-bond acceptors (Lipinski definition) is 4. The summed E-state index contributed by atoms with van der Waals surface area (Å²) in [6.45, 7) is 2.43. The van der Waals surface area contributed by atoms with Gasteiger partial charge in [0, 0.05) is 6.07 Å². The summed E-state index contributed by atoms with van der Waals surface area (Å²) in [4.78, 5) is 0. The van der Waals surface area contributed by atoms with Gasteiger partial charge in [-0.15, -0.1) is 0 Å². The molecule has 0 radical (unpaired) electrons. The first-order valence-electron chi connectivity index (χ1n) is 4.76. The Kier molecular flexibility index (Phi) is 3.53. The van der Waals surface area contributed by atoms with E-state index < -0.39 is 0 Å². The third kappa shape index (κ3) is 2.39. The van der Waals surface area contributed by atoms with E-state index in [4.69, 9.17) is 11.0 Å². The molecule has 4 heteroatoms. The quantitative estimate of drug-likeness (QED) is 0.697. The monoisotopic (exact) mass is 206 g/mol. The molecule has 0 spiro atoms. The van der Waals surface area contributed by atoms with E-state index in [0.717, 1.165) is 6.42 Å². The van der Waals surface area contributed by atoms with Gasteiger partial charge in [-0.05, 0) is 30.5 Å². The van der Waals surface area contributed by atoms with Crippen LogP contribution in [0.1, 0.15) is 30.4 Å². The topological polar surface area (TPSA) is 90.3 Å². The number of nitrogens with two attached hydrogens (primary N) is 1. The van der Waals surface area contributed by atoms with Crippen LogP contribution in [0.3, 0.4) is 0 Å². The zero-order chi connectivity index (χ0) is 11.4. The molecule has 4 nitrogen and oxygen atoms in total. The molecule has 1 atom stereocenters. The van der Waals surface area contributed by atoms with Gasteiger partial charge < -0.3 is 15.9 Å². The highest BCUT2D eigenvalue weighted by molar-refractivity contribution is 5.51. The molecule has 0 saturated heterocycles. The summed E-state index contributed by atoms with van der Waals surface area (Å²) in [5.41, 5.74) is 6.24. The van der Waals surface area contributed by atoms with Crippen LogP contribution in [0.15, 0.2) is 12.1 Å². The van der Waals surface area contributed by atoms with Crippen molar-refractivity contribution in [3.8, 4) is 17.6 Å². The van der Waals surface area contributed by atoms with Crippen molar-refractivity contribution in [1.29, 1.82) is 5.26 Å². The van der Waals surface area contributed by atoms with Gasteiger partial charge in [0.15, 0.2) is 0 Å². The van der Waals surface area contributed by atoms with Gasteiger partial charge in [0.1, 0.15) is 17.6 Å². The van der Waals surface area contributed by atoms with Gasteiger partial charge in [-0.25, -0.2) is 0 Å². The van der Waals surface area contributed by atoms with Crippen molar-refractivity contribution in [3.05, 3.63) is 23.3 Å². The Hall–Kier alpha value is -1.73. The second-order valence-electron chi connectivity index (χ2n) is 3.52. The Morgan fingerprint density at radius 3 is 2.60 bits per heavy atom. The standard InChI is InChI=1S/C11H14N2O2/c1-7(2-3-12)9-4-8(6-13)10(14)5-11(9)15/h4-5,7,14-15H,2-3,12H2,1H3. The van der Waals surface area contributed by atoms with Crippen molar-refractivity contribution in [2.24, 2.45) is 5.73 Å². The van der Waals surface area contributed by atoms with E-state index in [9.17, 15) is 10.2 Å². The van der Waals surface area contributed by atoms with Crippen LogP contribution >= 0.6 is 0 Å². The molecule has 0 aliphatic heterocycles. The molecule has 1 rings (SSSR count). The molecule has 0 heterocycles. The van der Waals surface area contributed by atoms with Crippen molar-refractivity contribution in [1.82, 2.24) is 0 Å². The van der Waals surface area contributed by atoms with Crippen molar-refractivity contribution in [2.75, 3.05) is 6.54 Å². The summed E-state index contributed by atoms with van der Waals surface area (Å²) in [5.74, 6) is -0.117. The number of phenols is 2. The van der Waals surface area contributed by atoms with Gasteiger partial charge in [0.25, 0.3) is 0 Å². The van der Waals surface area contributed by atoms with E-state index in [1.165, 1.54) is 12.1 Å². The second kappa shape index (κ2) is 4.67. The van der Waals surface area contributed by atoms with E-state index in [0.29, 0.717) is 12.1 Å². The number of aromatic hydroxyl groups is 2. The average molecular weight is 206 g/mol. The lowest BCUT2D eigenvalue weighted by Gasteiger charge is -2.13. The van der Waals surface area contributed by atoms with E-state index in [1.807, 2.05) is 13.0 Å². The van der Waals surface area contributed by atoms with Gasteiger partial charge in [0.2, 0.25) is 0 Å². The zero-order valence-corrected chi connectivity index (χ0v) is 8.57. The molecule has 0 bridgehead atoms. The van der Waals surface area contributed by atoms with Crippen LogP contribution in [-0.4, -0.2) is 16.8 Å². The van der Waals surface area contributed by atoms with E-state index in [2.05, 4.69) is 0 Å². The van der Waals surface area contributed by atoms with Crippen LogP contribution in [0.25, 0.3) is 0 Å². The highest BCUT2D eigenvalue weighted by Gasteiger charge is 2.13. The minimum atomic E-state index is -0.196. The maximum Gasteiger partial charge on any atom is 0.137 e. The molecule has 1 aromatic rings. The number of rotatable bonds is 3. The summed E-state index contributed by atoms with van der Waals surface area (Å²) < 4.78 is 0. The zero-order valence-electron chi connectivity index (χ0n) is 8.57. The van der Waals surface area contributed by atoms with Gasteiger partial charge in [-0.1, -0.05) is 6.92 Å². The molecule has 4 N–H and O–H groups in total. The lowest BCUT2D eigenvalue weighted by Crippen LogP contribution is -2.05. The Bertz CT molecular complexity index is 396. The fourth-order valence-corrected chi connectivity index (χ4v) is 1.48. The fraction of sp³-hybridized carbons (Fsp3) is 0.364. The maximum atomic E-state index is 9.60. The van der Waals surface area contributed by atoms with Crippen LogP contribution in [0.2, 0.25) is 0 Å². The van der Waals surface area contributed by atoms with Crippen molar-refractivity contribution < 1.29 is 10.2 Å². The van der Waals surface area contributed by atoms with Crippen LogP contribution in [-0.2, 0) is 0 Å². The lowest BCUT2D eigenvalue weighted by atomic mass is 9.95. The summed E-state index contributed by atoms with van der Waals surface area (Å²) in [6, 6.07) is 4.57. The minimum Gasteiger partial charge on any atom is -0.508 e. The fourth-order valence-electron chi connectivity index (χ4n) is 1.48. The summed E-state index contributed by atoms with van der Waals surface area (Å²) in [5, 5.41) is 27.6. The third-order valence-electron chi connectivity index (χ3n) is 2.40. The Labute approximate surface area is 88.6 Å². The SMILES string of the molecule is CC(CCN)c1cc(C#N)c(O)cc1O. The predicted octanol–water partition coefficient (Wildman–Crippen LogP) is 1.42. The first-order valence-corrected chi connectivity index (χ1v) is 4.76. The summed E-state index contributed by atoms with van der Waals surface area (Å²) >= 11 is 0. The number of benzene rings is 1. The molecule has 0 aliphatic carbocycles. The Morgan fingerprint density at radius 2 is 2.07 bits per heavy atom. The van der Waals surface area contributed by atoms with E-state index in [-0.39, 0.29) is 23.0 Å². The largest absolute Gasteiger partial charge is 0.508 e. The molecule has 1 aromatic carbocycles. The normalized spacial score (nSPS) is 12.1. The number of nitrogens with zero attached hydrogens (tertiary/aromatic N) is 1. The number of phenolic OH excluding ortho intramolecular Hbond substituents is 2. The molecule has 0 saturated carbocycles. The van der Waals surface area contributed by atoms with Crippen molar-refractivity contribution in [2.45, 2.75) is 19.3 Å².